The summed E-state index contributed by atoms with van der Waals surface area (Å²) in [6.45, 7) is 4.10. The number of aryl methyl sites for hydroxylation is 2. The Morgan fingerprint density at radius 1 is 1.09 bits per heavy atom. The Morgan fingerprint density at radius 2 is 1.55 bits per heavy atom. The van der Waals surface area contributed by atoms with Gasteiger partial charge < -0.3 is 17.8 Å². The number of anilines is 1. The molecule has 0 aliphatic rings. The maximum atomic E-state index is 5.24. The number of nitrogens with two attached hydrogens (primary N) is 1. The number of benzene rings is 1. The predicted molar refractivity (Wildman–Crippen MR) is 43.7 cm³/mol. The molecule has 1 rings (SSSR count). The molecule has 3 heteroatoms. The summed E-state index contributed by atoms with van der Waals surface area (Å²) in [5.41, 5.74) is 6.04. The first-order valence-corrected chi connectivity index (χ1v) is 3.27. The fourth-order valence-electron chi connectivity index (χ4n) is 1.06. The Balaban J connectivity index is 0.000001000. The van der Waals surface area contributed by atoms with Gasteiger partial charge in [-0.3, -0.25) is 5.84 Å². The van der Waals surface area contributed by atoms with Crippen molar-refractivity contribution in [2.45, 2.75) is 13.8 Å². The van der Waals surface area contributed by atoms with Crippen LogP contribution in [0.2, 0.25) is 0 Å². The molecule has 0 bridgehead atoms. The minimum atomic E-state index is 0. The van der Waals surface area contributed by atoms with E-state index in [1.54, 1.807) is 0 Å². The van der Waals surface area contributed by atoms with Crippen molar-refractivity contribution in [2.24, 2.45) is 5.84 Å². The highest BCUT2D eigenvalue weighted by atomic mass is 35.5. The summed E-state index contributed by atoms with van der Waals surface area (Å²) in [4.78, 5) is 0. The van der Waals surface area contributed by atoms with Crippen LogP contribution in [0.3, 0.4) is 0 Å². The van der Waals surface area contributed by atoms with Crippen LogP contribution in [-0.4, -0.2) is 0 Å². The van der Waals surface area contributed by atoms with Gasteiger partial charge >= 0.3 is 0 Å². The lowest BCUT2D eigenvalue weighted by molar-refractivity contribution is -0.00000231. The molecule has 0 fully saturated rings. The van der Waals surface area contributed by atoms with Crippen molar-refractivity contribution in [3.63, 3.8) is 0 Å². The van der Waals surface area contributed by atoms with Crippen LogP contribution >= 0.6 is 0 Å². The van der Waals surface area contributed by atoms with Crippen LogP contribution in [0.4, 0.5) is 5.69 Å². The zero-order valence-electron chi connectivity index (χ0n) is 6.69. The predicted octanol–water partition coefficient (Wildman–Crippen LogP) is -1.41. The van der Waals surface area contributed by atoms with Gasteiger partial charge in [-0.2, -0.15) is 0 Å². The van der Waals surface area contributed by atoms with Gasteiger partial charge in [-0.15, -0.1) is 0 Å². The quantitative estimate of drug-likeness (QED) is 0.403. The molecule has 0 radical (unpaired) electrons. The fourth-order valence-corrected chi connectivity index (χ4v) is 1.06. The van der Waals surface area contributed by atoms with Crippen LogP contribution in [0.1, 0.15) is 11.1 Å². The number of hydrogen-bond acceptors (Lipinski definition) is 2. The van der Waals surface area contributed by atoms with Crippen LogP contribution in [0.15, 0.2) is 18.2 Å². The molecule has 1 aromatic carbocycles. The van der Waals surface area contributed by atoms with E-state index in [9.17, 15) is 0 Å². The lowest BCUT2D eigenvalue weighted by Gasteiger charge is -2.02. The van der Waals surface area contributed by atoms with E-state index in [1.165, 1.54) is 11.1 Å². The highest BCUT2D eigenvalue weighted by Crippen LogP contribution is 2.11. The van der Waals surface area contributed by atoms with Gasteiger partial charge in [0.2, 0.25) is 0 Å². The number of nitrogens with one attached hydrogen (secondary N) is 1. The van der Waals surface area contributed by atoms with Gasteiger partial charge in [0, 0.05) is 5.69 Å². The largest absolute Gasteiger partial charge is 1.00 e. The monoisotopic (exact) mass is 171 g/mol. The third-order valence-electron chi connectivity index (χ3n) is 1.39. The molecule has 0 saturated carbocycles. The Hall–Kier alpha value is -0.730. The number of hydrogen-bond donors (Lipinski definition) is 2. The van der Waals surface area contributed by atoms with Crippen molar-refractivity contribution >= 4 is 5.69 Å². The van der Waals surface area contributed by atoms with Crippen molar-refractivity contribution in [3.8, 4) is 0 Å². The summed E-state index contributed by atoms with van der Waals surface area (Å²) in [7, 11) is 0. The summed E-state index contributed by atoms with van der Waals surface area (Å²) in [5.74, 6) is 5.24. The van der Waals surface area contributed by atoms with Crippen molar-refractivity contribution in [1.29, 1.82) is 0 Å². The van der Waals surface area contributed by atoms with Crippen molar-refractivity contribution in [1.82, 2.24) is 0 Å². The Bertz CT molecular complexity index is 215. The molecule has 0 aliphatic carbocycles. The summed E-state index contributed by atoms with van der Waals surface area (Å²) >= 11 is 0. The number of rotatable bonds is 1. The molecule has 0 unspecified atom stereocenters. The van der Waals surface area contributed by atoms with Crippen LogP contribution in [0.5, 0.6) is 0 Å². The topological polar surface area (TPSA) is 38.0 Å². The summed E-state index contributed by atoms with van der Waals surface area (Å²) in [6.07, 6.45) is 0. The van der Waals surface area contributed by atoms with E-state index >= 15 is 0 Å². The maximum Gasteiger partial charge on any atom is 0.0490 e. The minimum absolute atomic E-state index is 0. The second-order valence-electron chi connectivity index (χ2n) is 2.52. The van der Waals surface area contributed by atoms with Crippen LogP contribution in [0.25, 0.3) is 0 Å². The molecule has 0 heterocycles. The van der Waals surface area contributed by atoms with Crippen LogP contribution in [-0.2, 0) is 0 Å². The van der Waals surface area contributed by atoms with Gasteiger partial charge in [0.05, 0.1) is 0 Å². The molecule has 11 heavy (non-hydrogen) atoms. The average molecular weight is 172 g/mol. The van der Waals surface area contributed by atoms with E-state index in [-0.39, 0.29) is 12.4 Å². The van der Waals surface area contributed by atoms with Gasteiger partial charge in [0.25, 0.3) is 0 Å². The first-order chi connectivity index (χ1) is 4.72. The zero-order valence-corrected chi connectivity index (χ0v) is 7.44. The number of halogens is 1. The standard InChI is InChI=1S/C8H12N2.ClH/c1-6-3-7(2)5-8(4-6)10-9;/h3-5,10H,9H2,1-2H3;1H/p-1. The van der Waals surface area contributed by atoms with E-state index < -0.39 is 0 Å². The first-order valence-electron chi connectivity index (χ1n) is 3.27. The third kappa shape index (κ3) is 2.78. The molecule has 2 nitrogen and oxygen atoms in total. The van der Waals surface area contributed by atoms with E-state index in [4.69, 9.17) is 5.84 Å². The van der Waals surface area contributed by atoms with E-state index in [0.29, 0.717) is 0 Å². The first kappa shape index (κ1) is 10.3. The van der Waals surface area contributed by atoms with Gasteiger partial charge in [0.1, 0.15) is 0 Å². The zero-order chi connectivity index (χ0) is 7.56. The number of hydrazine groups is 1. The molecule has 0 atom stereocenters. The van der Waals surface area contributed by atoms with Gasteiger partial charge in [-0.25, -0.2) is 0 Å². The Labute approximate surface area is 73.2 Å². The SMILES string of the molecule is Cc1cc(C)cc(NN)c1.[Cl-]. The molecule has 0 spiro atoms. The lowest BCUT2D eigenvalue weighted by atomic mass is 10.1. The van der Waals surface area contributed by atoms with Gasteiger partial charge in [-0.1, -0.05) is 6.07 Å². The highest BCUT2D eigenvalue weighted by Gasteiger charge is 1.90. The molecule has 3 N–H and O–H groups in total. The average Bonchev–Trinajstić information content (AvgIpc) is 1.85. The second kappa shape index (κ2) is 4.21. The normalized spacial score (nSPS) is 8.64. The van der Waals surface area contributed by atoms with Gasteiger partial charge in [-0.05, 0) is 37.1 Å². The Kier molecular flexibility index (Phi) is 3.93. The highest BCUT2D eigenvalue weighted by molar-refractivity contribution is 5.47. The number of nitrogen functional groups attached to an aromatic ring is 1. The molecular formula is C8H12ClN2-. The molecule has 0 amide bonds. The summed E-state index contributed by atoms with van der Waals surface area (Å²) in [5, 5.41) is 0. The van der Waals surface area contributed by atoms with Crippen LogP contribution in [0, 0.1) is 13.8 Å². The third-order valence-corrected chi connectivity index (χ3v) is 1.39. The summed E-state index contributed by atoms with van der Waals surface area (Å²) < 4.78 is 0. The molecule has 1 aromatic rings. The molecule has 0 aliphatic heterocycles. The maximum absolute atomic E-state index is 5.24. The summed E-state index contributed by atoms with van der Waals surface area (Å²) in [6, 6.07) is 6.13. The van der Waals surface area contributed by atoms with E-state index in [0.717, 1.165) is 5.69 Å². The fraction of sp³-hybridized carbons (Fsp3) is 0.250. The lowest BCUT2D eigenvalue weighted by Crippen LogP contribution is -3.00. The molecule has 0 aromatic heterocycles. The van der Waals surface area contributed by atoms with E-state index in [1.807, 2.05) is 26.0 Å². The molecular weight excluding hydrogens is 160 g/mol. The van der Waals surface area contributed by atoms with Crippen molar-refractivity contribution in [2.75, 3.05) is 5.43 Å². The second-order valence-corrected chi connectivity index (χ2v) is 2.52. The molecule has 0 saturated heterocycles. The van der Waals surface area contributed by atoms with Crippen molar-refractivity contribution < 1.29 is 12.4 Å². The smallest absolute Gasteiger partial charge is 0.0490 e. The molecule has 62 valence electrons. The van der Waals surface area contributed by atoms with Crippen molar-refractivity contribution in [3.05, 3.63) is 29.3 Å². The Morgan fingerprint density at radius 3 is 1.91 bits per heavy atom. The minimum Gasteiger partial charge on any atom is -1.00 e. The van der Waals surface area contributed by atoms with Crippen LogP contribution < -0.4 is 23.7 Å². The van der Waals surface area contributed by atoms with Gasteiger partial charge in [0.15, 0.2) is 0 Å². The van der Waals surface area contributed by atoms with E-state index in [2.05, 4.69) is 11.5 Å².